The van der Waals surface area contributed by atoms with Crippen molar-refractivity contribution < 1.29 is 0 Å². The minimum atomic E-state index is 1.26. The number of hydrogen-bond donors (Lipinski definition) is 0. The number of hydrogen-bond acceptors (Lipinski definition) is 0. The standard InChI is InChI=1S/4C19H16/c1-15-12-18(16-8-4-2-5-9-16)14-19(13-15)17-10-6-3-7-11-17;1-15-12-13-18(16-8-4-2-5-9-16)14-19(15)17-10-6-3-7-11-17;1-15-9-5-6-12-17(15)19-14-8-7-13-18(19)16-10-3-2-4-11-16;1-15-8-5-6-13-19(15)18-12-7-11-17(14-18)16-9-3-2-4-10-16/h4*2-14H,1H3. The van der Waals surface area contributed by atoms with Crippen molar-refractivity contribution in [3.63, 3.8) is 0 Å². The van der Waals surface area contributed by atoms with E-state index in [-0.39, 0.29) is 0 Å². The summed E-state index contributed by atoms with van der Waals surface area (Å²) in [5.74, 6) is 0. The lowest BCUT2D eigenvalue weighted by Gasteiger charge is -2.12. The van der Waals surface area contributed by atoms with Crippen molar-refractivity contribution >= 4 is 0 Å². The van der Waals surface area contributed by atoms with E-state index in [1.807, 2.05) is 0 Å². The van der Waals surface area contributed by atoms with Crippen molar-refractivity contribution in [3.8, 4) is 89.0 Å². The zero-order chi connectivity index (χ0) is 52.3. The van der Waals surface area contributed by atoms with Gasteiger partial charge in [-0.1, -0.05) is 297 Å². The van der Waals surface area contributed by atoms with Crippen LogP contribution in [0.3, 0.4) is 0 Å². The molecule has 0 N–H and O–H groups in total. The van der Waals surface area contributed by atoms with Gasteiger partial charge in [-0.05, 0) is 157 Å². The molecule has 12 rings (SSSR count). The maximum absolute atomic E-state index is 2.28. The van der Waals surface area contributed by atoms with Crippen molar-refractivity contribution in [2.24, 2.45) is 0 Å². The SMILES string of the molecule is Cc1cc(-c2ccccc2)cc(-c2ccccc2)c1.Cc1ccc(-c2ccccc2)cc1-c1ccccc1.Cc1ccccc1-c1cccc(-c2ccccc2)c1.Cc1ccccc1-c1ccccc1-c1ccccc1. The van der Waals surface area contributed by atoms with E-state index < -0.39 is 0 Å². The van der Waals surface area contributed by atoms with Gasteiger partial charge in [0, 0.05) is 0 Å². The Labute approximate surface area is 452 Å². The van der Waals surface area contributed by atoms with E-state index in [2.05, 4.69) is 343 Å². The van der Waals surface area contributed by atoms with Crippen molar-refractivity contribution in [3.05, 3.63) is 338 Å². The first-order chi connectivity index (χ1) is 37.4. The molecule has 0 unspecified atom stereocenters. The lowest BCUT2D eigenvalue weighted by Crippen LogP contribution is -1.87. The number of rotatable bonds is 8. The van der Waals surface area contributed by atoms with E-state index in [9.17, 15) is 0 Å². The molecule has 0 atom stereocenters. The van der Waals surface area contributed by atoms with E-state index in [1.165, 1.54) is 111 Å². The molecule has 0 heteroatoms. The predicted octanol–water partition coefficient (Wildman–Crippen LogP) is 21.3. The zero-order valence-corrected chi connectivity index (χ0v) is 44.0. The van der Waals surface area contributed by atoms with Gasteiger partial charge in [0.05, 0.1) is 0 Å². The molecule has 0 spiro atoms. The van der Waals surface area contributed by atoms with E-state index in [0.717, 1.165) is 0 Å². The minimum Gasteiger partial charge on any atom is -0.0622 e. The van der Waals surface area contributed by atoms with Gasteiger partial charge in [0.15, 0.2) is 0 Å². The summed E-state index contributed by atoms with van der Waals surface area (Å²) in [6, 6.07) is 111. The summed E-state index contributed by atoms with van der Waals surface area (Å²) in [5, 5.41) is 0. The van der Waals surface area contributed by atoms with Gasteiger partial charge in [-0.15, -0.1) is 0 Å². The molecule has 0 heterocycles. The average Bonchev–Trinajstić information content (AvgIpc) is 3.49. The van der Waals surface area contributed by atoms with Crippen LogP contribution >= 0.6 is 0 Å². The van der Waals surface area contributed by atoms with Gasteiger partial charge in [-0.25, -0.2) is 0 Å². The third kappa shape index (κ3) is 13.6. The lowest BCUT2D eigenvalue weighted by molar-refractivity contribution is 1.45. The molecule has 12 aromatic carbocycles. The Morgan fingerprint density at radius 2 is 0.447 bits per heavy atom. The van der Waals surface area contributed by atoms with Gasteiger partial charge in [-0.2, -0.15) is 0 Å². The van der Waals surface area contributed by atoms with Crippen LogP contribution in [0.1, 0.15) is 22.3 Å². The van der Waals surface area contributed by atoms with E-state index in [4.69, 9.17) is 0 Å². The molecule has 0 fully saturated rings. The average molecular weight is 977 g/mol. The largest absolute Gasteiger partial charge is 0.0622 e. The van der Waals surface area contributed by atoms with Crippen LogP contribution in [0.4, 0.5) is 0 Å². The first-order valence-electron chi connectivity index (χ1n) is 26.2. The molecule has 0 nitrogen and oxygen atoms in total. The van der Waals surface area contributed by atoms with Gasteiger partial charge in [0.25, 0.3) is 0 Å². The second kappa shape index (κ2) is 26.0. The minimum absolute atomic E-state index is 1.26. The highest BCUT2D eigenvalue weighted by atomic mass is 14.1. The normalized spacial score (nSPS) is 10.4. The van der Waals surface area contributed by atoms with E-state index in [0.29, 0.717) is 0 Å². The fourth-order valence-corrected chi connectivity index (χ4v) is 9.59. The molecule has 0 radical (unpaired) electrons. The van der Waals surface area contributed by atoms with Gasteiger partial charge >= 0.3 is 0 Å². The summed E-state index contributed by atoms with van der Waals surface area (Å²) in [4.78, 5) is 0. The molecule has 76 heavy (non-hydrogen) atoms. The Hall–Kier alpha value is -9.36. The summed E-state index contributed by atoms with van der Waals surface area (Å²) >= 11 is 0. The lowest BCUT2D eigenvalue weighted by atomic mass is 9.92. The highest BCUT2D eigenvalue weighted by molar-refractivity contribution is 5.85. The molecule has 0 aromatic heterocycles. The molecule has 0 bridgehead atoms. The van der Waals surface area contributed by atoms with Crippen LogP contribution in [0.2, 0.25) is 0 Å². The number of aryl methyl sites for hydroxylation is 4. The van der Waals surface area contributed by atoms with Crippen molar-refractivity contribution in [2.75, 3.05) is 0 Å². The van der Waals surface area contributed by atoms with Crippen LogP contribution in [-0.2, 0) is 0 Å². The smallest absolute Gasteiger partial charge is 0.0103 e. The van der Waals surface area contributed by atoms with E-state index in [1.54, 1.807) is 0 Å². The van der Waals surface area contributed by atoms with Crippen LogP contribution in [0, 0.1) is 27.7 Å². The summed E-state index contributed by atoms with van der Waals surface area (Å²) in [6.07, 6.45) is 0. The van der Waals surface area contributed by atoms with Gasteiger partial charge in [0.1, 0.15) is 0 Å². The topological polar surface area (TPSA) is 0 Å². The van der Waals surface area contributed by atoms with Crippen molar-refractivity contribution in [1.29, 1.82) is 0 Å². The summed E-state index contributed by atoms with van der Waals surface area (Å²) in [7, 11) is 0. The van der Waals surface area contributed by atoms with E-state index >= 15 is 0 Å². The highest BCUT2D eigenvalue weighted by Crippen LogP contribution is 2.35. The first kappa shape index (κ1) is 51.5. The van der Waals surface area contributed by atoms with Crippen molar-refractivity contribution in [1.82, 2.24) is 0 Å². The van der Waals surface area contributed by atoms with Crippen LogP contribution in [0.25, 0.3) is 89.0 Å². The summed E-state index contributed by atoms with van der Waals surface area (Å²) in [6.45, 7) is 8.64. The second-order valence-electron chi connectivity index (χ2n) is 19.1. The zero-order valence-electron chi connectivity index (χ0n) is 44.0. The molecule has 0 amide bonds. The van der Waals surface area contributed by atoms with Crippen LogP contribution in [0.5, 0.6) is 0 Å². The van der Waals surface area contributed by atoms with Crippen LogP contribution < -0.4 is 0 Å². The van der Waals surface area contributed by atoms with Crippen LogP contribution in [-0.4, -0.2) is 0 Å². The third-order valence-electron chi connectivity index (χ3n) is 13.6. The monoisotopic (exact) mass is 977 g/mol. The summed E-state index contributed by atoms with van der Waals surface area (Å²) < 4.78 is 0. The van der Waals surface area contributed by atoms with Crippen LogP contribution in [0.15, 0.2) is 315 Å². The van der Waals surface area contributed by atoms with Gasteiger partial charge in [-0.3, -0.25) is 0 Å². The maximum atomic E-state index is 2.28. The molecule has 0 aliphatic carbocycles. The molecule has 12 aromatic rings. The predicted molar refractivity (Wildman–Crippen MR) is 328 cm³/mol. The molecule has 0 saturated heterocycles. The Morgan fingerprint density at radius 1 is 0.145 bits per heavy atom. The Kier molecular flexibility index (Phi) is 17.7. The third-order valence-corrected chi connectivity index (χ3v) is 13.6. The highest BCUT2D eigenvalue weighted by Gasteiger charge is 2.09. The van der Waals surface area contributed by atoms with Gasteiger partial charge < -0.3 is 0 Å². The molecule has 368 valence electrons. The Bertz CT molecular complexity index is 3630. The fraction of sp³-hybridized carbons (Fsp3) is 0.0526. The second-order valence-corrected chi connectivity index (χ2v) is 19.1. The molecular weight excluding hydrogens is 913 g/mol. The van der Waals surface area contributed by atoms with Gasteiger partial charge in [0.2, 0.25) is 0 Å². The Morgan fingerprint density at radius 3 is 0.908 bits per heavy atom. The molecule has 0 aliphatic heterocycles. The fourth-order valence-electron chi connectivity index (χ4n) is 9.59. The van der Waals surface area contributed by atoms with Crippen molar-refractivity contribution in [2.45, 2.75) is 27.7 Å². The first-order valence-corrected chi connectivity index (χ1v) is 26.2. The number of benzene rings is 12. The maximum Gasteiger partial charge on any atom is -0.0103 e. The summed E-state index contributed by atoms with van der Waals surface area (Å²) in [5.41, 5.74) is 25.7. The molecule has 0 aliphatic rings. The quantitative estimate of drug-likeness (QED) is 0.142. The Balaban J connectivity index is 0.000000124. The molecule has 0 saturated carbocycles. The molecular formula is C76H64.